The van der Waals surface area contributed by atoms with Crippen molar-refractivity contribution in [1.82, 2.24) is 15.6 Å². The Morgan fingerprint density at radius 2 is 2.18 bits per heavy atom. The number of hydrogen-bond acceptors (Lipinski definition) is 4. The number of guanidine groups is 1. The molecule has 0 aliphatic rings. The number of benzene rings is 1. The van der Waals surface area contributed by atoms with E-state index < -0.39 is 0 Å². The number of aromatic nitrogens is 1. The van der Waals surface area contributed by atoms with Crippen molar-refractivity contribution in [3.63, 3.8) is 0 Å². The number of aliphatic imine (C=N–C) groups is 1. The van der Waals surface area contributed by atoms with Gasteiger partial charge in [0, 0.05) is 19.6 Å². The number of rotatable bonds is 7. The monoisotopic (exact) mass is 431 g/mol. The van der Waals surface area contributed by atoms with Crippen molar-refractivity contribution in [3.05, 3.63) is 36.9 Å². The van der Waals surface area contributed by atoms with Crippen molar-refractivity contribution in [2.24, 2.45) is 4.99 Å². The second-order valence-electron chi connectivity index (χ2n) is 4.34. The van der Waals surface area contributed by atoms with Crippen molar-refractivity contribution < 1.29 is 0 Å². The first kappa shape index (κ1) is 18.7. The van der Waals surface area contributed by atoms with Gasteiger partial charge in [0.05, 0.1) is 16.8 Å². The number of fused-ring (bicyclic) bond motifs is 1. The molecule has 1 aromatic heterocycles. The van der Waals surface area contributed by atoms with Crippen LogP contribution < -0.4 is 16.0 Å². The summed E-state index contributed by atoms with van der Waals surface area (Å²) in [5.41, 5.74) is 1.04. The first-order valence-corrected chi connectivity index (χ1v) is 7.87. The largest absolute Gasteiger partial charge is 0.360 e. The van der Waals surface area contributed by atoms with Crippen LogP contribution in [-0.4, -0.2) is 37.1 Å². The van der Waals surface area contributed by atoms with Gasteiger partial charge in [0.25, 0.3) is 0 Å². The topological polar surface area (TPSA) is 61.3 Å². The van der Waals surface area contributed by atoms with E-state index in [0.717, 1.165) is 29.7 Å². The summed E-state index contributed by atoms with van der Waals surface area (Å²) >= 11 is 1.67. The molecule has 0 aliphatic carbocycles. The maximum Gasteiger partial charge on any atom is 0.191 e. The van der Waals surface area contributed by atoms with Crippen molar-refractivity contribution in [2.45, 2.75) is 6.92 Å². The molecule has 0 fully saturated rings. The van der Waals surface area contributed by atoms with Crippen LogP contribution in [-0.2, 0) is 0 Å². The Labute approximate surface area is 152 Å². The molecule has 0 radical (unpaired) electrons. The Kier molecular flexibility index (Phi) is 8.83. The molecule has 0 bridgehead atoms. The van der Waals surface area contributed by atoms with E-state index in [2.05, 4.69) is 38.6 Å². The van der Waals surface area contributed by atoms with E-state index in [-0.39, 0.29) is 24.0 Å². The summed E-state index contributed by atoms with van der Waals surface area (Å²) in [5.74, 6) is 0.809. The Morgan fingerprint density at radius 1 is 1.36 bits per heavy atom. The summed E-state index contributed by atoms with van der Waals surface area (Å²) < 4.78 is 1.20. The average Bonchev–Trinajstić information content (AvgIpc) is 2.91. The summed E-state index contributed by atoms with van der Waals surface area (Å²) in [5, 5.41) is 10.6. The van der Waals surface area contributed by atoms with Crippen molar-refractivity contribution >= 4 is 56.6 Å². The molecule has 1 aromatic carbocycles. The SMILES string of the molecule is C=CCNC(=NCCNc1nc2ccccc2s1)NCC.I. The molecule has 0 amide bonds. The highest BCUT2D eigenvalue weighted by Gasteiger charge is 2.01. The summed E-state index contributed by atoms with van der Waals surface area (Å²) in [6, 6.07) is 8.14. The normalized spacial score (nSPS) is 10.9. The Morgan fingerprint density at radius 3 is 2.91 bits per heavy atom. The smallest absolute Gasteiger partial charge is 0.191 e. The third-order valence-electron chi connectivity index (χ3n) is 2.71. The number of anilines is 1. The summed E-state index contributed by atoms with van der Waals surface area (Å²) in [6.07, 6.45) is 1.81. The van der Waals surface area contributed by atoms with Gasteiger partial charge in [-0.15, -0.1) is 30.6 Å². The lowest BCUT2D eigenvalue weighted by Gasteiger charge is -2.09. The lowest BCUT2D eigenvalue weighted by Crippen LogP contribution is -2.37. The maximum atomic E-state index is 4.53. The molecule has 2 rings (SSSR count). The van der Waals surface area contributed by atoms with Crippen LogP contribution in [0.3, 0.4) is 0 Å². The number of nitrogens with zero attached hydrogens (tertiary/aromatic N) is 2. The standard InChI is InChI=1S/C15H21N5S.HI/c1-3-9-17-14(16-4-2)18-10-11-19-15-20-12-7-5-6-8-13(12)21-15;/h3,5-8H,1,4,9-11H2,2H3,(H,19,20)(H2,16,17,18);1H. The molecular weight excluding hydrogens is 409 g/mol. The fraction of sp³-hybridized carbons (Fsp3) is 0.333. The van der Waals surface area contributed by atoms with E-state index in [9.17, 15) is 0 Å². The van der Waals surface area contributed by atoms with Crippen molar-refractivity contribution in [2.75, 3.05) is 31.5 Å². The number of thiazole rings is 1. The van der Waals surface area contributed by atoms with Crippen LogP contribution in [0.25, 0.3) is 10.2 Å². The Balaban J connectivity index is 0.00000242. The third kappa shape index (κ3) is 5.80. The van der Waals surface area contributed by atoms with Crippen LogP contribution in [0.15, 0.2) is 41.9 Å². The predicted molar refractivity (Wildman–Crippen MR) is 108 cm³/mol. The van der Waals surface area contributed by atoms with Gasteiger partial charge in [-0.3, -0.25) is 4.99 Å². The predicted octanol–water partition coefficient (Wildman–Crippen LogP) is 3.07. The number of hydrogen-bond donors (Lipinski definition) is 3. The van der Waals surface area contributed by atoms with Crippen molar-refractivity contribution in [3.8, 4) is 0 Å². The number of para-hydroxylation sites is 1. The zero-order valence-electron chi connectivity index (χ0n) is 12.6. The minimum absolute atomic E-state index is 0. The fourth-order valence-electron chi connectivity index (χ4n) is 1.79. The Hall–Kier alpha value is -1.35. The molecule has 0 aliphatic heterocycles. The van der Waals surface area contributed by atoms with Gasteiger partial charge in [-0.05, 0) is 19.1 Å². The van der Waals surface area contributed by atoms with Gasteiger partial charge in [0.2, 0.25) is 0 Å². The second kappa shape index (κ2) is 10.4. The lowest BCUT2D eigenvalue weighted by atomic mass is 10.3. The molecule has 2 aromatic rings. The quantitative estimate of drug-likeness (QED) is 0.207. The van der Waals surface area contributed by atoms with Crippen LogP contribution in [0, 0.1) is 0 Å². The minimum atomic E-state index is 0. The van der Waals surface area contributed by atoms with Gasteiger partial charge in [-0.25, -0.2) is 4.98 Å². The van der Waals surface area contributed by atoms with Crippen LogP contribution in [0.2, 0.25) is 0 Å². The second-order valence-corrected chi connectivity index (χ2v) is 5.37. The van der Waals surface area contributed by atoms with Crippen LogP contribution in [0.5, 0.6) is 0 Å². The molecule has 5 nitrogen and oxygen atoms in total. The Bertz CT molecular complexity index is 578. The van der Waals surface area contributed by atoms with Crippen LogP contribution in [0.1, 0.15) is 6.92 Å². The first-order chi connectivity index (χ1) is 10.3. The van der Waals surface area contributed by atoms with Gasteiger partial charge in [0.15, 0.2) is 11.1 Å². The van der Waals surface area contributed by atoms with Gasteiger partial charge in [0.1, 0.15) is 0 Å². The fourth-order valence-corrected chi connectivity index (χ4v) is 2.68. The number of halogens is 1. The zero-order valence-corrected chi connectivity index (χ0v) is 15.8. The summed E-state index contributed by atoms with van der Waals surface area (Å²) in [4.78, 5) is 9.01. The minimum Gasteiger partial charge on any atom is -0.360 e. The van der Waals surface area contributed by atoms with E-state index in [1.165, 1.54) is 4.70 Å². The molecule has 0 spiro atoms. The zero-order chi connectivity index (χ0) is 14.9. The highest BCUT2D eigenvalue weighted by atomic mass is 127. The molecule has 0 saturated carbocycles. The molecule has 120 valence electrons. The average molecular weight is 431 g/mol. The van der Waals surface area contributed by atoms with Crippen LogP contribution >= 0.6 is 35.3 Å². The molecule has 22 heavy (non-hydrogen) atoms. The highest BCUT2D eigenvalue weighted by molar-refractivity contribution is 14.0. The van der Waals surface area contributed by atoms with Gasteiger partial charge < -0.3 is 16.0 Å². The van der Waals surface area contributed by atoms with E-state index in [1.807, 2.05) is 31.2 Å². The molecule has 0 atom stereocenters. The third-order valence-corrected chi connectivity index (χ3v) is 3.70. The molecule has 0 saturated heterocycles. The van der Waals surface area contributed by atoms with E-state index in [1.54, 1.807) is 11.3 Å². The summed E-state index contributed by atoms with van der Waals surface area (Å²) in [6.45, 7) is 8.72. The molecule has 3 N–H and O–H groups in total. The van der Waals surface area contributed by atoms with Gasteiger partial charge >= 0.3 is 0 Å². The van der Waals surface area contributed by atoms with Gasteiger partial charge in [-0.1, -0.05) is 29.5 Å². The lowest BCUT2D eigenvalue weighted by molar-refractivity contribution is 0.860. The van der Waals surface area contributed by atoms with E-state index >= 15 is 0 Å². The van der Waals surface area contributed by atoms with E-state index in [4.69, 9.17) is 0 Å². The van der Waals surface area contributed by atoms with E-state index in [0.29, 0.717) is 13.1 Å². The highest BCUT2D eigenvalue weighted by Crippen LogP contribution is 2.24. The maximum absolute atomic E-state index is 4.53. The van der Waals surface area contributed by atoms with Crippen LogP contribution in [0.4, 0.5) is 5.13 Å². The van der Waals surface area contributed by atoms with Gasteiger partial charge in [-0.2, -0.15) is 0 Å². The molecule has 7 heteroatoms. The summed E-state index contributed by atoms with van der Waals surface area (Å²) in [7, 11) is 0. The molecular formula is C15H22IN5S. The first-order valence-electron chi connectivity index (χ1n) is 7.06. The molecule has 1 heterocycles. The molecule has 0 unspecified atom stereocenters. The number of nitrogens with one attached hydrogen (secondary N) is 3. The van der Waals surface area contributed by atoms with Crippen molar-refractivity contribution in [1.29, 1.82) is 0 Å².